The lowest BCUT2D eigenvalue weighted by molar-refractivity contribution is 0.0476. The monoisotopic (exact) mass is 799 g/mol. The minimum absolute atomic E-state index is 0.185. The Bertz CT molecular complexity index is 1510. The van der Waals surface area contributed by atoms with Crippen molar-refractivity contribution in [1.82, 2.24) is 0 Å². The quantitative estimate of drug-likeness (QED) is 0.0523. The Morgan fingerprint density at radius 3 is 1.19 bits per heavy atom. The first kappa shape index (κ1) is 44.9. The van der Waals surface area contributed by atoms with Crippen molar-refractivity contribution in [2.75, 3.05) is 26.4 Å². The molecule has 0 aliphatic heterocycles. The fourth-order valence-electron chi connectivity index (χ4n) is 8.94. The second kappa shape index (κ2) is 24.7. The van der Waals surface area contributed by atoms with Gasteiger partial charge >= 0.3 is 11.9 Å². The van der Waals surface area contributed by atoms with Gasteiger partial charge in [-0.3, -0.25) is 0 Å². The number of phenols is 2. The average molecular weight is 799 g/mol. The highest BCUT2D eigenvalue weighted by Gasteiger charge is 2.24. The standard InChI is InChI=1S/C50H70O8/c1-3-13-37-15-19-39(20-16-37)41-23-27-43(28-24-41)55-31-9-5-7-11-33-57-49(53)45-35-48(52)46(36-47(45)51)50(54)58-34-12-8-6-10-32-56-44-29-25-42(26-30-44)40-21-17-38(14-4-2)18-22-40/h23-30,35-40,51-52H,3-22,31-34H2,1-2H3/t37-,38-,39-,40-. The van der Waals surface area contributed by atoms with Crippen LogP contribution in [0, 0.1) is 11.8 Å². The van der Waals surface area contributed by atoms with Gasteiger partial charge in [-0.1, -0.05) is 63.8 Å². The third kappa shape index (κ3) is 14.6. The minimum atomic E-state index is -0.755. The summed E-state index contributed by atoms with van der Waals surface area (Å²) in [4.78, 5) is 25.2. The molecule has 2 aliphatic carbocycles. The maximum atomic E-state index is 12.6. The van der Waals surface area contributed by atoms with Gasteiger partial charge in [-0.05, 0) is 174 Å². The average Bonchev–Trinajstić information content (AvgIpc) is 3.24. The maximum Gasteiger partial charge on any atom is 0.342 e. The molecule has 0 bridgehead atoms. The van der Waals surface area contributed by atoms with Gasteiger partial charge in [0.2, 0.25) is 0 Å². The van der Waals surface area contributed by atoms with Crippen LogP contribution in [-0.2, 0) is 9.47 Å². The van der Waals surface area contributed by atoms with Crippen molar-refractivity contribution < 1.29 is 38.7 Å². The summed E-state index contributed by atoms with van der Waals surface area (Å²) in [6.45, 7) is 6.20. The highest BCUT2D eigenvalue weighted by Crippen LogP contribution is 2.39. The van der Waals surface area contributed by atoms with Gasteiger partial charge in [-0.15, -0.1) is 0 Å². The second-order valence-corrected chi connectivity index (χ2v) is 16.8. The molecule has 0 unspecified atom stereocenters. The predicted molar refractivity (Wildman–Crippen MR) is 230 cm³/mol. The number of carbonyl (C=O) groups is 2. The van der Waals surface area contributed by atoms with E-state index in [-0.39, 0.29) is 24.3 Å². The van der Waals surface area contributed by atoms with Crippen LogP contribution in [0.3, 0.4) is 0 Å². The van der Waals surface area contributed by atoms with Gasteiger partial charge in [-0.25, -0.2) is 9.59 Å². The third-order valence-corrected chi connectivity index (χ3v) is 12.4. The smallest absolute Gasteiger partial charge is 0.342 e. The molecule has 0 amide bonds. The lowest BCUT2D eigenvalue weighted by Gasteiger charge is -2.28. The highest BCUT2D eigenvalue weighted by molar-refractivity contribution is 5.98. The van der Waals surface area contributed by atoms with E-state index in [1.807, 2.05) is 0 Å². The summed E-state index contributed by atoms with van der Waals surface area (Å²) in [6, 6.07) is 19.4. The van der Waals surface area contributed by atoms with Crippen LogP contribution in [-0.4, -0.2) is 48.6 Å². The van der Waals surface area contributed by atoms with E-state index in [9.17, 15) is 19.8 Å². The Balaban J connectivity index is 0.875. The van der Waals surface area contributed by atoms with Crippen molar-refractivity contribution in [3.8, 4) is 23.0 Å². The molecule has 8 heteroatoms. The molecule has 2 fully saturated rings. The van der Waals surface area contributed by atoms with Crippen LogP contribution in [0.15, 0.2) is 60.7 Å². The van der Waals surface area contributed by atoms with Crippen molar-refractivity contribution >= 4 is 11.9 Å². The van der Waals surface area contributed by atoms with Crippen LogP contribution in [0.25, 0.3) is 0 Å². The third-order valence-electron chi connectivity index (χ3n) is 12.4. The molecule has 3 aromatic rings. The van der Waals surface area contributed by atoms with Crippen LogP contribution in [0.4, 0.5) is 0 Å². The van der Waals surface area contributed by atoms with E-state index in [2.05, 4.69) is 62.4 Å². The molecule has 0 radical (unpaired) electrons. The largest absolute Gasteiger partial charge is 0.507 e. The number of aromatic hydroxyl groups is 2. The molecular formula is C50H70O8. The number of carbonyl (C=O) groups excluding carboxylic acids is 2. The van der Waals surface area contributed by atoms with Crippen LogP contribution >= 0.6 is 0 Å². The number of phenolic OH excluding ortho intramolecular Hbond substituents is 2. The van der Waals surface area contributed by atoms with Gasteiger partial charge in [0.15, 0.2) is 0 Å². The molecule has 0 heterocycles. The Morgan fingerprint density at radius 2 is 0.845 bits per heavy atom. The van der Waals surface area contributed by atoms with Gasteiger partial charge in [0.25, 0.3) is 0 Å². The predicted octanol–water partition coefficient (Wildman–Crippen LogP) is 12.8. The zero-order valence-corrected chi connectivity index (χ0v) is 35.4. The molecule has 0 spiro atoms. The molecule has 3 aromatic carbocycles. The van der Waals surface area contributed by atoms with Gasteiger partial charge < -0.3 is 29.2 Å². The van der Waals surface area contributed by atoms with E-state index < -0.39 is 23.4 Å². The molecule has 0 saturated heterocycles. The van der Waals surface area contributed by atoms with Gasteiger partial charge in [0, 0.05) is 0 Å². The van der Waals surface area contributed by atoms with Gasteiger partial charge in [-0.2, -0.15) is 0 Å². The molecule has 318 valence electrons. The fourth-order valence-corrected chi connectivity index (χ4v) is 8.94. The number of ether oxygens (including phenoxy) is 4. The van der Waals surface area contributed by atoms with E-state index in [0.29, 0.717) is 37.9 Å². The summed E-state index contributed by atoms with van der Waals surface area (Å²) in [5.41, 5.74) is 2.47. The highest BCUT2D eigenvalue weighted by atomic mass is 16.5. The zero-order valence-electron chi connectivity index (χ0n) is 35.4. The first-order valence-corrected chi connectivity index (χ1v) is 22.7. The summed E-state index contributed by atoms with van der Waals surface area (Å²) in [5, 5.41) is 20.9. The van der Waals surface area contributed by atoms with Crippen molar-refractivity contribution in [1.29, 1.82) is 0 Å². The molecule has 5 rings (SSSR count). The SMILES string of the molecule is CCC[C@H]1CC[C@H](c2ccc(OCCCCCCOC(=O)c3cc(O)c(C(=O)OCCCCCCOc4ccc([C@H]5CC[C@H](CCC)CC5)cc4)cc3O)cc2)CC1. The fraction of sp³-hybridized carbons (Fsp3) is 0.600. The minimum Gasteiger partial charge on any atom is -0.507 e. The first-order valence-electron chi connectivity index (χ1n) is 22.7. The van der Waals surface area contributed by atoms with Crippen molar-refractivity contribution in [2.45, 2.75) is 154 Å². The van der Waals surface area contributed by atoms with E-state index in [1.54, 1.807) is 0 Å². The van der Waals surface area contributed by atoms with Crippen molar-refractivity contribution in [2.24, 2.45) is 11.8 Å². The summed E-state index contributed by atoms with van der Waals surface area (Å²) >= 11 is 0. The Labute approximate surface area is 348 Å². The molecule has 0 atom stereocenters. The van der Waals surface area contributed by atoms with Crippen LogP contribution in [0.5, 0.6) is 23.0 Å². The van der Waals surface area contributed by atoms with E-state index in [4.69, 9.17) is 18.9 Å². The molecule has 58 heavy (non-hydrogen) atoms. The van der Waals surface area contributed by atoms with E-state index >= 15 is 0 Å². The van der Waals surface area contributed by atoms with Crippen LogP contribution in [0.1, 0.15) is 186 Å². The zero-order chi connectivity index (χ0) is 41.0. The number of rotatable bonds is 24. The van der Waals surface area contributed by atoms with Crippen molar-refractivity contribution in [3.63, 3.8) is 0 Å². The molecule has 2 aliphatic rings. The molecule has 2 N–H and O–H groups in total. The van der Waals surface area contributed by atoms with Crippen LogP contribution in [0.2, 0.25) is 0 Å². The van der Waals surface area contributed by atoms with Crippen LogP contribution < -0.4 is 9.47 Å². The first-order chi connectivity index (χ1) is 28.3. The van der Waals surface area contributed by atoms with Gasteiger partial charge in [0.05, 0.1) is 26.4 Å². The molecular weight excluding hydrogens is 729 g/mol. The lowest BCUT2D eigenvalue weighted by atomic mass is 9.77. The molecule has 2 saturated carbocycles. The normalized spacial score (nSPS) is 19.3. The number of unbranched alkanes of at least 4 members (excludes halogenated alkanes) is 6. The number of esters is 2. The number of hydrogen-bond donors (Lipinski definition) is 2. The summed E-state index contributed by atoms with van der Waals surface area (Å²) in [7, 11) is 0. The Hall–Kier alpha value is -4.20. The Kier molecular flexibility index (Phi) is 19.1. The second-order valence-electron chi connectivity index (χ2n) is 16.8. The summed E-state index contributed by atoms with van der Waals surface area (Å²) in [6.07, 6.45) is 22.6. The Morgan fingerprint density at radius 1 is 0.500 bits per heavy atom. The number of hydrogen-bond acceptors (Lipinski definition) is 8. The molecule has 0 aromatic heterocycles. The van der Waals surface area contributed by atoms with Crippen molar-refractivity contribution in [3.05, 3.63) is 82.9 Å². The molecule has 8 nitrogen and oxygen atoms in total. The summed E-state index contributed by atoms with van der Waals surface area (Å²) in [5.74, 6) is 2.59. The lowest BCUT2D eigenvalue weighted by Crippen LogP contribution is -2.13. The topological polar surface area (TPSA) is 112 Å². The summed E-state index contributed by atoms with van der Waals surface area (Å²) < 4.78 is 22.6. The maximum absolute atomic E-state index is 12.6. The number of benzene rings is 3. The van der Waals surface area contributed by atoms with E-state index in [1.165, 1.54) is 88.2 Å². The van der Waals surface area contributed by atoms with E-state index in [0.717, 1.165) is 74.0 Å². The van der Waals surface area contributed by atoms with Gasteiger partial charge in [0.1, 0.15) is 34.1 Å².